The number of esters is 2. The highest BCUT2D eigenvalue weighted by molar-refractivity contribution is 6.02. The Morgan fingerprint density at radius 1 is 1.08 bits per heavy atom. The van der Waals surface area contributed by atoms with E-state index in [9.17, 15) is 14.4 Å². The number of para-hydroxylation sites is 1. The first-order chi connectivity index (χ1) is 16.7. The molecule has 1 aliphatic rings. The molecule has 2 atom stereocenters. The molecule has 7 nitrogen and oxygen atoms in total. The van der Waals surface area contributed by atoms with Gasteiger partial charge in [-0.1, -0.05) is 56.3 Å². The van der Waals surface area contributed by atoms with E-state index in [0.29, 0.717) is 35.4 Å². The van der Waals surface area contributed by atoms with Crippen LogP contribution in [-0.4, -0.2) is 55.7 Å². The number of quaternary nitrogens is 1. The van der Waals surface area contributed by atoms with Gasteiger partial charge in [-0.15, -0.1) is 0 Å². The van der Waals surface area contributed by atoms with E-state index in [-0.39, 0.29) is 47.2 Å². The number of anilines is 1. The largest absolute Gasteiger partial charge is 1.00 e. The smallest absolute Gasteiger partial charge is 0.339 e. The summed E-state index contributed by atoms with van der Waals surface area (Å²) in [6.07, 6.45) is 1.59. The molecule has 0 aromatic heterocycles. The Kier molecular flexibility index (Phi) is 11.1. The predicted octanol–water partition coefficient (Wildman–Crippen LogP) is 1.35. The van der Waals surface area contributed by atoms with Crippen molar-refractivity contribution in [2.24, 2.45) is 11.8 Å². The van der Waals surface area contributed by atoms with Crippen LogP contribution in [0.5, 0.6) is 0 Å². The quantitative estimate of drug-likeness (QED) is 0.370. The third-order valence-corrected chi connectivity index (χ3v) is 6.47. The van der Waals surface area contributed by atoms with Gasteiger partial charge in [0.2, 0.25) is 0 Å². The lowest BCUT2D eigenvalue weighted by Crippen LogP contribution is -3.00. The summed E-state index contributed by atoms with van der Waals surface area (Å²) in [6, 6.07) is 15.3. The molecule has 8 heteroatoms. The summed E-state index contributed by atoms with van der Waals surface area (Å²) in [5.41, 5.74) is 2.68. The van der Waals surface area contributed by atoms with E-state index in [1.807, 2.05) is 45.0 Å². The maximum Gasteiger partial charge on any atom is 0.339 e. The third-order valence-electron chi connectivity index (χ3n) is 6.47. The van der Waals surface area contributed by atoms with Crippen LogP contribution in [0.25, 0.3) is 0 Å². The third kappa shape index (κ3) is 7.90. The van der Waals surface area contributed by atoms with Gasteiger partial charge in [0.25, 0.3) is 5.91 Å². The predicted molar refractivity (Wildman–Crippen MR) is 135 cm³/mol. The van der Waals surface area contributed by atoms with Gasteiger partial charge >= 0.3 is 11.9 Å². The first-order valence-corrected chi connectivity index (χ1v) is 12.3. The highest BCUT2D eigenvalue weighted by atomic mass is 79.9. The summed E-state index contributed by atoms with van der Waals surface area (Å²) in [4.78, 5) is 38.5. The Bertz CT molecular complexity index is 1040. The second-order valence-electron chi connectivity index (χ2n) is 9.95. The summed E-state index contributed by atoms with van der Waals surface area (Å²) in [5, 5.41) is 2.96. The number of carbonyl (C=O) groups excluding carboxylic acids is 3. The number of hydrogen-bond donors (Lipinski definition) is 1. The monoisotopic (exact) mass is 560 g/mol. The van der Waals surface area contributed by atoms with E-state index < -0.39 is 5.97 Å². The van der Waals surface area contributed by atoms with E-state index in [2.05, 4.69) is 17.4 Å². The first-order valence-electron chi connectivity index (χ1n) is 12.3. The number of rotatable bonds is 9. The van der Waals surface area contributed by atoms with Crippen molar-refractivity contribution in [1.29, 1.82) is 0 Å². The van der Waals surface area contributed by atoms with E-state index in [1.54, 1.807) is 12.1 Å². The maximum absolute atomic E-state index is 13.4. The van der Waals surface area contributed by atoms with Crippen molar-refractivity contribution in [3.8, 4) is 0 Å². The number of methoxy groups -OCH3 is 1. The molecular formula is C28H37BrN2O5. The Hall–Kier alpha value is -2.71. The molecule has 2 aromatic carbocycles. The number of aryl methyl sites for hydroxylation is 1. The van der Waals surface area contributed by atoms with Gasteiger partial charge in [-0.05, 0) is 37.3 Å². The summed E-state index contributed by atoms with van der Waals surface area (Å²) in [5.74, 6) is -0.848. The van der Waals surface area contributed by atoms with E-state index in [0.717, 1.165) is 30.5 Å². The van der Waals surface area contributed by atoms with Crippen LogP contribution < -0.4 is 22.3 Å². The van der Waals surface area contributed by atoms with Gasteiger partial charge in [-0.2, -0.15) is 0 Å². The fourth-order valence-electron chi connectivity index (χ4n) is 4.79. The number of benzene rings is 2. The Labute approximate surface area is 224 Å². The Morgan fingerprint density at radius 2 is 1.81 bits per heavy atom. The molecule has 1 aliphatic heterocycles. The molecule has 2 unspecified atom stereocenters. The van der Waals surface area contributed by atoms with Crippen molar-refractivity contribution in [1.82, 2.24) is 0 Å². The number of carbonyl (C=O) groups is 3. The summed E-state index contributed by atoms with van der Waals surface area (Å²) in [7, 11) is 1.32. The lowest BCUT2D eigenvalue weighted by molar-refractivity contribution is -0.940. The summed E-state index contributed by atoms with van der Waals surface area (Å²) >= 11 is 0. The standard InChI is InChI=1S/C28H36N2O5.BrH/c1-20(2)19-35-27(32)23-13-9-15-30(17-23,16-22-11-6-5-7-12-22)18-25(31)29-26-21(3)10-8-14-24(26)28(33)34-4;/h5-8,10-12,14,20,23H,9,13,15-19H2,1-4H3;1H. The number of nitrogens with one attached hydrogen (secondary N) is 1. The second kappa shape index (κ2) is 13.6. The van der Waals surface area contributed by atoms with Crippen molar-refractivity contribution in [3.63, 3.8) is 0 Å². The zero-order valence-electron chi connectivity index (χ0n) is 21.6. The van der Waals surface area contributed by atoms with Crippen LogP contribution in [0.4, 0.5) is 5.69 Å². The van der Waals surface area contributed by atoms with E-state index in [4.69, 9.17) is 9.47 Å². The van der Waals surface area contributed by atoms with Crippen molar-refractivity contribution in [2.75, 3.05) is 38.7 Å². The second-order valence-corrected chi connectivity index (χ2v) is 9.95. The van der Waals surface area contributed by atoms with Crippen LogP contribution >= 0.6 is 0 Å². The summed E-state index contributed by atoms with van der Waals surface area (Å²) < 4.78 is 10.9. The van der Waals surface area contributed by atoms with Gasteiger partial charge in [0.1, 0.15) is 12.5 Å². The van der Waals surface area contributed by atoms with Crippen LogP contribution in [0, 0.1) is 18.8 Å². The molecule has 0 bridgehead atoms. The normalized spacial score (nSPS) is 19.2. The molecule has 1 fully saturated rings. The van der Waals surface area contributed by atoms with Gasteiger partial charge < -0.3 is 36.3 Å². The molecule has 1 saturated heterocycles. The van der Waals surface area contributed by atoms with Gasteiger partial charge in [0, 0.05) is 5.56 Å². The van der Waals surface area contributed by atoms with Crippen molar-refractivity contribution < 1.29 is 45.3 Å². The average Bonchev–Trinajstić information content (AvgIpc) is 2.83. The Morgan fingerprint density at radius 3 is 2.47 bits per heavy atom. The van der Waals surface area contributed by atoms with E-state index in [1.165, 1.54) is 7.11 Å². The fourth-order valence-corrected chi connectivity index (χ4v) is 4.79. The molecule has 196 valence electrons. The maximum atomic E-state index is 13.4. The molecule has 0 spiro atoms. The van der Waals surface area contributed by atoms with Crippen molar-refractivity contribution in [3.05, 3.63) is 65.2 Å². The molecule has 2 aromatic rings. The molecule has 0 aliphatic carbocycles. The molecule has 1 amide bonds. The average molecular weight is 562 g/mol. The van der Waals surface area contributed by atoms with Crippen LogP contribution in [0.2, 0.25) is 0 Å². The molecule has 0 saturated carbocycles. The molecule has 0 radical (unpaired) electrons. The topological polar surface area (TPSA) is 81.7 Å². The number of amides is 1. The lowest BCUT2D eigenvalue weighted by Gasteiger charge is -2.43. The molecule has 3 rings (SSSR count). The highest BCUT2D eigenvalue weighted by Gasteiger charge is 2.40. The lowest BCUT2D eigenvalue weighted by atomic mass is 9.94. The summed E-state index contributed by atoms with van der Waals surface area (Å²) in [6.45, 7) is 8.43. The van der Waals surface area contributed by atoms with Gasteiger partial charge in [0.05, 0.1) is 38.1 Å². The van der Waals surface area contributed by atoms with Gasteiger partial charge in [0.15, 0.2) is 6.54 Å². The van der Waals surface area contributed by atoms with E-state index >= 15 is 0 Å². The number of likely N-dealkylation sites (tertiary alicyclic amines) is 1. The van der Waals surface area contributed by atoms with Crippen LogP contribution in [0.1, 0.15) is 48.2 Å². The number of halogens is 1. The number of nitrogens with zero attached hydrogens (tertiary/aromatic N) is 1. The molecule has 36 heavy (non-hydrogen) atoms. The first kappa shape index (κ1) is 29.5. The molecular weight excluding hydrogens is 524 g/mol. The molecule has 1 heterocycles. The minimum absolute atomic E-state index is 0. The van der Waals surface area contributed by atoms with Crippen LogP contribution in [0.3, 0.4) is 0 Å². The highest BCUT2D eigenvalue weighted by Crippen LogP contribution is 2.29. The van der Waals surface area contributed by atoms with Gasteiger partial charge in [-0.25, -0.2) is 4.79 Å². The Balaban J connectivity index is 0.00000456. The van der Waals surface area contributed by atoms with Crippen molar-refractivity contribution >= 4 is 23.5 Å². The minimum Gasteiger partial charge on any atom is -1.00 e. The van der Waals surface area contributed by atoms with Crippen LogP contribution in [-0.2, 0) is 25.6 Å². The zero-order chi connectivity index (χ0) is 25.4. The minimum atomic E-state index is -0.497. The fraction of sp³-hybridized carbons (Fsp3) is 0.464. The van der Waals surface area contributed by atoms with Crippen molar-refractivity contribution in [2.45, 2.75) is 40.2 Å². The number of piperidine rings is 1. The number of hydrogen-bond acceptors (Lipinski definition) is 5. The van der Waals surface area contributed by atoms with Gasteiger partial charge in [-0.3, -0.25) is 9.59 Å². The number of ether oxygens (including phenoxy) is 2. The zero-order valence-corrected chi connectivity index (χ0v) is 23.2. The SMILES string of the molecule is COC(=O)c1cccc(C)c1NC(=O)C[N+]1(Cc2ccccc2)CCCC(C(=O)OCC(C)C)C1.[Br-]. The molecule has 1 N–H and O–H groups in total. The van der Waals surface area contributed by atoms with Crippen LogP contribution in [0.15, 0.2) is 48.5 Å².